The Bertz CT molecular complexity index is 657. The van der Waals surface area contributed by atoms with E-state index in [1.807, 2.05) is 50.7 Å². The average molecular weight is 272 g/mol. The summed E-state index contributed by atoms with van der Waals surface area (Å²) in [7, 11) is 3.52. The summed E-state index contributed by atoms with van der Waals surface area (Å²) in [5.41, 5.74) is 4.67. The Morgan fingerprint density at radius 2 is 2.00 bits per heavy atom. The molecule has 4 heteroatoms. The number of aryl methyl sites for hydroxylation is 3. The SMILES string of the molecule is COc1ccc(C(=O)Cc2c(C)nn(C)c2C)c(C)c1. The van der Waals surface area contributed by atoms with E-state index in [-0.39, 0.29) is 5.78 Å². The van der Waals surface area contributed by atoms with E-state index in [1.165, 1.54) is 0 Å². The lowest BCUT2D eigenvalue weighted by atomic mass is 9.98. The van der Waals surface area contributed by atoms with Gasteiger partial charge in [-0.15, -0.1) is 0 Å². The van der Waals surface area contributed by atoms with Crippen LogP contribution in [0.4, 0.5) is 0 Å². The van der Waals surface area contributed by atoms with Crippen LogP contribution in [0.25, 0.3) is 0 Å². The second kappa shape index (κ2) is 5.49. The number of aromatic nitrogens is 2. The van der Waals surface area contributed by atoms with Gasteiger partial charge in [-0.2, -0.15) is 5.10 Å². The van der Waals surface area contributed by atoms with Gasteiger partial charge >= 0.3 is 0 Å². The average Bonchev–Trinajstić information content (AvgIpc) is 2.65. The monoisotopic (exact) mass is 272 g/mol. The summed E-state index contributed by atoms with van der Waals surface area (Å²) in [5.74, 6) is 0.886. The largest absolute Gasteiger partial charge is 0.497 e. The molecule has 2 aromatic rings. The van der Waals surface area contributed by atoms with Crippen molar-refractivity contribution in [3.05, 3.63) is 46.3 Å². The van der Waals surface area contributed by atoms with Crippen LogP contribution in [0, 0.1) is 20.8 Å². The van der Waals surface area contributed by atoms with Crippen LogP contribution in [0.1, 0.15) is 32.9 Å². The highest BCUT2D eigenvalue weighted by Crippen LogP contribution is 2.20. The first-order chi connectivity index (χ1) is 9.43. The van der Waals surface area contributed by atoms with Crippen molar-refractivity contribution in [3.63, 3.8) is 0 Å². The van der Waals surface area contributed by atoms with Crippen molar-refractivity contribution < 1.29 is 9.53 Å². The third-order valence-electron chi connectivity index (χ3n) is 3.73. The third-order valence-corrected chi connectivity index (χ3v) is 3.73. The van der Waals surface area contributed by atoms with Crippen molar-refractivity contribution in [2.45, 2.75) is 27.2 Å². The maximum absolute atomic E-state index is 12.5. The zero-order chi connectivity index (χ0) is 14.9. The van der Waals surface area contributed by atoms with Crippen LogP contribution < -0.4 is 4.74 Å². The Morgan fingerprint density at radius 3 is 2.50 bits per heavy atom. The molecule has 0 atom stereocenters. The van der Waals surface area contributed by atoms with Crippen molar-refractivity contribution in [1.29, 1.82) is 0 Å². The quantitative estimate of drug-likeness (QED) is 0.804. The molecular formula is C16H20N2O2. The van der Waals surface area contributed by atoms with Gasteiger partial charge in [0.15, 0.2) is 5.78 Å². The maximum atomic E-state index is 12.5. The molecule has 0 saturated heterocycles. The normalized spacial score (nSPS) is 10.7. The zero-order valence-electron chi connectivity index (χ0n) is 12.7. The van der Waals surface area contributed by atoms with Crippen molar-refractivity contribution in [2.24, 2.45) is 7.05 Å². The second-order valence-electron chi connectivity index (χ2n) is 5.05. The van der Waals surface area contributed by atoms with Crippen molar-refractivity contribution in [2.75, 3.05) is 7.11 Å². The van der Waals surface area contributed by atoms with Crippen LogP contribution in [0.2, 0.25) is 0 Å². The van der Waals surface area contributed by atoms with Crippen molar-refractivity contribution >= 4 is 5.78 Å². The van der Waals surface area contributed by atoms with Gasteiger partial charge in [0.05, 0.1) is 12.8 Å². The number of methoxy groups -OCH3 is 1. The van der Waals surface area contributed by atoms with Crippen molar-refractivity contribution in [3.8, 4) is 5.75 Å². The summed E-state index contributed by atoms with van der Waals surface area (Å²) in [4.78, 5) is 12.5. The number of carbonyl (C=O) groups excluding carboxylic acids is 1. The highest BCUT2D eigenvalue weighted by molar-refractivity contribution is 5.99. The Hall–Kier alpha value is -2.10. The van der Waals surface area contributed by atoms with Crippen LogP contribution in [0.5, 0.6) is 5.75 Å². The number of hydrogen-bond donors (Lipinski definition) is 0. The van der Waals surface area contributed by atoms with Crippen molar-refractivity contribution in [1.82, 2.24) is 9.78 Å². The molecule has 0 amide bonds. The van der Waals surface area contributed by atoms with Crippen LogP contribution in [0.3, 0.4) is 0 Å². The van der Waals surface area contributed by atoms with E-state index in [0.29, 0.717) is 6.42 Å². The van der Waals surface area contributed by atoms with Crippen LogP contribution >= 0.6 is 0 Å². The first kappa shape index (κ1) is 14.3. The maximum Gasteiger partial charge on any atom is 0.167 e. The Kier molecular flexibility index (Phi) is 3.93. The molecule has 1 heterocycles. The molecule has 0 spiro atoms. The van der Waals surface area contributed by atoms with Gasteiger partial charge in [-0.25, -0.2) is 0 Å². The van der Waals surface area contributed by atoms with E-state index < -0.39 is 0 Å². The van der Waals surface area contributed by atoms with Gasteiger partial charge in [0.25, 0.3) is 0 Å². The molecule has 0 saturated carbocycles. The molecule has 20 heavy (non-hydrogen) atoms. The molecule has 4 nitrogen and oxygen atoms in total. The molecular weight excluding hydrogens is 252 g/mol. The van der Waals surface area contributed by atoms with Crippen LogP contribution in [-0.4, -0.2) is 22.7 Å². The summed E-state index contributed by atoms with van der Waals surface area (Å²) in [6.07, 6.45) is 0.388. The molecule has 106 valence electrons. The lowest BCUT2D eigenvalue weighted by molar-refractivity contribution is 0.0992. The van der Waals surface area contributed by atoms with E-state index in [2.05, 4.69) is 5.10 Å². The molecule has 1 aromatic carbocycles. The molecule has 0 bridgehead atoms. The summed E-state index contributed by atoms with van der Waals surface area (Å²) in [6, 6.07) is 5.54. The molecule has 0 unspecified atom stereocenters. The molecule has 0 aliphatic rings. The number of ether oxygens (including phenoxy) is 1. The standard InChI is InChI=1S/C16H20N2O2/c1-10-8-13(20-5)6-7-14(10)16(19)9-15-11(2)17-18(4)12(15)3/h6-8H,9H2,1-5H3. The number of rotatable bonds is 4. The number of hydrogen-bond acceptors (Lipinski definition) is 3. The fraction of sp³-hybridized carbons (Fsp3) is 0.375. The van der Waals surface area contributed by atoms with E-state index in [9.17, 15) is 4.79 Å². The van der Waals surface area contributed by atoms with Gasteiger partial charge in [0.2, 0.25) is 0 Å². The van der Waals surface area contributed by atoms with Gasteiger partial charge in [-0.3, -0.25) is 9.48 Å². The first-order valence-electron chi connectivity index (χ1n) is 6.61. The molecule has 0 N–H and O–H groups in total. The van der Waals surface area contributed by atoms with Gasteiger partial charge in [-0.1, -0.05) is 0 Å². The number of ketones is 1. The topological polar surface area (TPSA) is 44.1 Å². The predicted molar refractivity (Wildman–Crippen MR) is 78.4 cm³/mol. The summed E-state index contributed by atoms with van der Waals surface area (Å²) < 4.78 is 6.98. The van der Waals surface area contributed by atoms with Gasteiger partial charge in [0, 0.05) is 30.3 Å². The second-order valence-corrected chi connectivity index (χ2v) is 5.05. The number of benzene rings is 1. The minimum Gasteiger partial charge on any atom is -0.497 e. The first-order valence-corrected chi connectivity index (χ1v) is 6.61. The Morgan fingerprint density at radius 1 is 1.30 bits per heavy atom. The zero-order valence-corrected chi connectivity index (χ0v) is 12.7. The van der Waals surface area contributed by atoms with Gasteiger partial charge < -0.3 is 4.74 Å². The molecule has 0 radical (unpaired) electrons. The molecule has 0 fully saturated rings. The molecule has 0 aliphatic heterocycles. The van der Waals surface area contributed by atoms with Crippen LogP contribution in [-0.2, 0) is 13.5 Å². The predicted octanol–water partition coefficient (Wildman–Crippen LogP) is 2.78. The lowest BCUT2D eigenvalue weighted by Gasteiger charge is -2.08. The van der Waals surface area contributed by atoms with Gasteiger partial charge in [-0.05, 0) is 44.5 Å². The molecule has 2 rings (SSSR count). The fourth-order valence-electron chi connectivity index (χ4n) is 2.41. The van der Waals surface area contributed by atoms with Gasteiger partial charge in [0.1, 0.15) is 5.75 Å². The summed E-state index contributed by atoms with van der Waals surface area (Å²) >= 11 is 0. The smallest absolute Gasteiger partial charge is 0.167 e. The third kappa shape index (κ3) is 2.59. The van der Waals surface area contributed by atoms with E-state index in [0.717, 1.165) is 33.8 Å². The lowest BCUT2D eigenvalue weighted by Crippen LogP contribution is -2.07. The van der Waals surface area contributed by atoms with E-state index in [1.54, 1.807) is 7.11 Å². The Balaban J connectivity index is 2.28. The fourth-order valence-corrected chi connectivity index (χ4v) is 2.41. The van der Waals surface area contributed by atoms with Crippen LogP contribution in [0.15, 0.2) is 18.2 Å². The summed E-state index contributed by atoms with van der Waals surface area (Å²) in [6.45, 7) is 5.86. The molecule has 1 aromatic heterocycles. The minimum atomic E-state index is 0.115. The number of Topliss-reactive ketones (excluding diaryl/α,β-unsaturated/α-hetero) is 1. The number of nitrogens with zero attached hydrogens (tertiary/aromatic N) is 2. The number of carbonyl (C=O) groups is 1. The minimum absolute atomic E-state index is 0.115. The summed E-state index contributed by atoms with van der Waals surface area (Å²) in [5, 5.41) is 4.35. The highest BCUT2D eigenvalue weighted by Gasteiger charge is 2.16. The van der Waals surface area contributed by atoms with E-state index in [4.69, 9.17) is 4.74 Å². The molecule has 0 aliphatic carbocycles. The highest BCUT2D eigenvalue weighted by atomic mass is 16.5. The van der Waals surface area contributed by atoms with E-state index >= 15 is 0 Å². The Labute approximate surface area is 119 Å².